The third kappa shape index (κ3) is 5.71. The minimum absolute atomic E-state index is 0.287. The summed E-state index contributed by atoms with van der Waals surface area (Å²) in [5.74, 6) is 0.760. The zero-order chi connectivity index (χ0) is 15.8. The molecule has 2 rings (SSSR count). The summed E-state index contributed by atoms with van der Waals surface area (Å²) in [7, 11) is 2.06. The normalized spacial score (nSPS) is 18.7. The van der Waals surface area contributed by atoms with Crippen LogP contribution in [0.5, 0.6) is 0 Å². The first-order valence-electron chi connectivity index (χ1n) is 8.83. The molecule has 1 aromatic rings. The van der Waals surface area contributed by atoms with E-state index in [1.54, 1.807) is 0 Å². The molecule has 0 heterocycles. The predicted octanol–water partition coefficient (Wildman–Crippen LogP) is 2.69. The summed E-state index contributed by atoms with van der Waals surface area (Å²) in [4.78, 5) is 2.16. The minimum atomic E-state index is -0.287. The van der Waals surface area contributed by atoms with Gasteiger partial charge in [0.25, 0.3) is 0 Å². The molecule has 0 spiro atoms. The molecule has 2 unspecified atom stereocenters. The lowest BCUT2D eigenvalue weighted by Crippen LogP contribution is -2.44. The van der Waals surface area contributed by atoms with Gasteiger partial charge in [-0.3, -0.25) is 0 Å². The van der Waals surface area contributed by atoms with Gasteiger partial charge in [-0.2, -0.15) is 0 Å². The minimum Gasteiger partial charge on any atom is -0.390 e. The molecule has 0 bridgehead atoms. The summed E-state index contributed by atoms with van der Waals surface area (Å²) in [5, 5.41) is 13.9. The van der Waals surface area contributed by atoms with Crippen molar-refractivity contribution in [3.63, 3.8) is 0 Å². The van der Waals surface area contributed by atoms with Gasteiger partial charge in [-0.1, -0.05) is 50.1 Å². The van der Waals surface area contributed by atoms with E-state index >= 15 is 0 Å². The lowest BCUT2D eigenvalue weighted by Gasteiger charge is -2.27. The number of benzene rings is 1. The zero-order valence-corrected chi connectivity index (χ0v) is 14.2. The summed E-state index contributed by atoms with van der Waals surface area (Å²) >= 11 is 0. The second kappa shape index (κ2) is 9.29. The summed E-state index contributed by atoms with van der Waals surface area (Å²) in [6.07, 6.45) is 6.16. The molecule has 0 amide bonds. The Balaban J connectivity index is 1.87. The number of likely N-dealkylation sites (N-methyl/N-ethyl adjacent to an activating group) is 1. The average molecular weight is 304 g/mol. The lowest BCUT2D eigenvalue weighted by atomic mass is 9.92. The van der Waals surface area contributed by atoms with Crippen molar-refractivity contribution >= 4 is 0 Å². The Kier molecular flexibility index (Phi) is 7.37. The second-order valence-electron chi connectivity index (χ2n) is 6.76. The topological polar surface area (TPSA) is 35.5 Å². The van der Waals surface area contributed by atoms with Crippen molar-refractivity contribution in [1.29, 1.82) is 0 Å². The van der Waals surface area contributed by atoms with Gasteiger partial charge in [-0.25, -0.2) is 0 Å². The third-order valence-corrected chi connectivity index (χ3v) is 4.95. The van der Waals surface area contributed by atoms with Gasteiger partial charge in [0.05, 0.1) is 6.10 Å². The van der Waals surface area contributed by atoms with Crippen LogP contribution in [0.3, 0.4) is 0 Å². The fourth-order valence-corrected chi connectivity index (χ4v) is 3.47. The smallest absolute Gasteiger partial charge is 0.0791 e. The Morgan fingerprint density at radius 2 is 1.91 bits per heavy atom. The summed E-state index contributed by atoms with van der Waals surface area (Å²) in [6.45, 7) is 4.54. The second-order valence-corrected chi connectivity index (χ2v) is 6.76. The first-order chi connectivity index (χ1) is 10.7. The number of aliphatic hydroxyl groups excluding tert-OH is 1. The third-order valence-electron chi connectivity index (χ3n) is 4.95. The molecule has 0 radical (unpaired) electrons. The van der Waals surface area contributed by atoms with Crippen LogP contribution in [0.25, 0.3) is 0 Å². The highest BCUT2D eigenvalue weighted by Crippen LogP contribution is 2.29. The molecular weight excluding hydrogens is 272 g/mol. The number of nitrogens with zero attached hydrogens (tertiary/aromatic N) is 1. The molecule has 1 aliphatic carbocycles. The lowest BCUT2D eigenvalue weighted by molar-refractivity contribution is 0.120. The van der Waals surface area contributed by atoms with E-state index in [0.717, 1.165) is 25.4 Å². The maximum absolute atomic E-state index is 10.2. The molecular formula is C19H32N2O. The van der Waals surface area contributed by atoms with E-state index in [1.807, 2.05) is 0 Å². The van der Waals surface area contributed by atoms with Crippen molar-refractivity contribution < 1.29 is 5.11 Å². The highest BCUT2D eigenvalue weighted by Gasteiger charge is 2.25. The summed E-state index contributed by atoms with van der Waals surface area (Å²) < 4.78 is 0. The highest BCUT2D eigenvalue weighted by molar-refractivity contribution is 5.16. The number of hydrogen-bond donors (Lipinski definition) is 2. The van der Waals surface area contributed by atoms with Gasteiger partial charge in [0.2, 0.25) is 0 Å². The van der Waals surface area contributed by atoms with Crippen LogP contribution in [0.1, 0.15) is 38.2 Å². The maximum Gasteiger partial charge on any atom is 0.0791 e. The van der Waals surface area contributed by atoms with Gasteiger partial charge in [-0.15, -0.1) is 0 Å². The van der Waals surface area contributed by atoms with Crippen molar-refractivity contribution in [2.75, 3.05) is 26.7 Å². The van der Waals surface area contributed by atoms with Gasteiger partial charge in [-0.05, 0) is 44.3 Å². The standard InChI is InChI=1S/C19H32N2O/c1-3-21(2)15-18(22)14-20-19(17-11-7-8-12-17)13-16-9-5-4-6-10-16/h4-6,9-10,17-20,22H,3,7-8,11-15H2,1-2H3. The maximum atomic E-state index is 10.2. The van der Waals surface area contributed by atoms with E-state index < -0.39 is 0 Å². The SMILES string of the molecule is CCN(C)CC(O)CNC(Cc1ccccc1)C1CCCC1. The fourth-order valence-electron chi connectivity index (χ4n) is 3.47. The fraction of sp³-hybridized carbons (Fsp3) is 0.684. The van der Waals surface area contributed by atoms with E-state index in [4.69, 9.17) is 0 Å². The molecule has 3 nitrogen and oxygen atoms in total. The molecule has 1 fully saturated rings. The number of aliphatic hydroxyl groups is 1. The van der Waals surface area contributed by atoms with E-state index in [0.29, 0.717) is 12.6 Å². The van der Waals surface area contributed by atoms with Crippen LogP contribution in [0, 0.1) is 5.92 Å². The van der Waals surface area contributed by atoms with E-state index in [9.17, 15) is 5.11 Å². The molecule has 124 valence electrons. The van der Waals surface area contributed by atoms with Crippen molar-refractivity contribution in [3.05, 3.63) is 35.9 Å². The molecule has 1 saturated carbocycles. The molecule has 0 aliphatic heterocycles. The molecule has 0 saturated heterocycles. The summed E-state index contributed by atoms with van der Waals surface area (Å²) in [5.41, 5.74) is 1.40. The first-order valence-corrected chi connectivity index (χ1v) is 8.83. The first kappa shape index (κ1) is 17.5. The van der Waals surface area contributed by atoms with Gasteiger partial charge < -0.3 is 15.3 Å². The monoisotopic (exact) mass is 304 g/mol. The van der Waals surface area contributed by atoms with Crippen molar-refractivity contribution in [1.82, 2.24) is 10.2 Å². The van der Waals surface area contributed by atoms with Gasteiger partial charge in [0.15, 0.2) is 0 Å². The van der Waals surface area contributed by atoms with Crippen LogP contribution >= 0.6 is 0 Å². The Labute approximate surface area is 135 Å². The molecule has 0 aromatic heterocycles. The van der Waals surface area contributed by atoms with Crippen LogP contribution in [0.2, 0.25) is 0 Å². The summed E-state index contributed by atoms with van der Waals surface area (Å²) in [6, 6.07) is 11.2. The van der Waals surface area contributed by atoms with Crippen molar-refractivity contribution in [3.8, 4) is 0 Å². The van der Waals surface area contributed by atoms with E-state index in [1.165, 1.54) is 31.2 Å². The Morgan fingerprint density at radius 1 is 1.23 bits per heavy atom. The Morgan fingerprint density at radius 3 is 2.55 bits per heavy atom. The number of hydrogen-bond acceptors (Lipinski definition) is 3. The van der Waals surface area contributed by atoms with Crippen LogP contribution < -0.4 is 5.32 Å². The molecule has 22 heavy (non-hydrogen) atoms. The molecule has 2 N–H and O–H groups in total. The predicted molar refractivity (Wildman–Crippen MR) is 93.1 cm³/mol. The molecule has 1 aliphatic rings. The van der Waals surface area contributed by atoms with Gasteiger partial charge in [0.1, 0.15) is 0 Å². The Hall–Kier alpha value is -0.900. The number of rotatable bonds is 9. The van der Waals surface area contributed by atoms with Crippen molar-refractivity contribution in [2.24, 2.45) is 5.92 Å². The molecule has 2 atom stereocenters. The van der Waals surface area contributed by atoms with E-state index in [-0.39, 0.29) is 6.10 Å². The Bertz CT molecular complexity index is 403. The van der Waals surface area contributed by atoms with Crippen LogP contribution in [-0.4, -0.2) is 48.8 Å². The van der Waals surface area contributed by atoms with Crippen molar-refractivity contribution in [2.45, 2.75) is 51.2 Å². The van der Waals surface area contributed by atoms with Crippen LogP contribution in [0.15, 0.2) is 30.3 Å². The van der Waals surface area contributed by atoms with Crippen LogP contribution in [0.4, 0.5) is 0 Å². The van der Waals surface area contributed by atoms with Gasteiger partial charge >= 0.3 is 0 Å². The average Bonchev–Trinajstić information content (AvgIpc) is 3.06. The largest absolute Gasteiger partial charge is 0.390 e. The zero-order valence-electron chi connectivity index (χ0n) is 14.2. The highest BCUT2D eigenvalue weighted by atomic mass is 16.3. The molecule has 3 heteroatoms. The quantitative estimate of drug-likeness (QED) is 0.736. The van der Waals surface area contributed by atoms with Crippen LogP contribution in [-0.2, 0) is 6.42 Å². The molecule has 1 aromatic carbocycles. The van der Waals surface area contributed by atoms with E-state index in [2.05, 4.69) is 54.5 Å². The number of nitrogens with one attached hydrogen (secondary N) is 1. The van der Waals surface area contributed by atoms with Gasteiger partial charge in [0, 0.05) is 19.1 Å².